The lowest BCUT2D eigenvalue weighted by molar-refractivity contribution is -0.130. The summed E-state index contributed by atoms with van der Waals surface area (Å²) in [5.74, 6) is 0.168. The molecule has 1 fully saturated rings. The van der Waals surface area contributed by atoms with Gasteiger partial charge in [-0.2, -0.15) is 0 Å². The number of halogens is 1. The molecule has 1 aliphatic rings. The van der Waals surface area contributed by atoms with E-state index in [-0.39, 0.29) is 11.3 Å². The molecule has 1 aliphatic heterocycles. The molecule has 3 nitrogen and oxygen atoms in total. The largest absolute Gasteiger partial charge is 0.340 e. The highest BCUT2D eigenvalue weighted by Gasteiger charge is 2.21. The number of benzene rings is 1. The lowest BCUT2D eigenvalue weighted by Crippen LogP contribution is -2.48. The van der Waals surface area contributed by atoms with Crippen molar-refractivity contribution in [2.45, 2.75) is 26.1 Å². The van der Waals surface area contributed by atoms with Gasteiger partial charge >= 0.3 is 0 Å². The van der Waals surface area contributed by atoms with E-state index in [1.54, 1.807) is 6.92 Å². The summed E-state index contributed by atoms with van der Waals surface area (Å²) in [6.45, 7) is 10.1. The molecule has 0 bridgehead atoms. The molecule has 1 aromatic carbocycles. The van der Waals surface area contributed by atoms with Gasteiger partial charge in [-0.3, -0.25) is 9.69 Å². The molecule has 0 N–H and O–H groups in total. The Kier molecular flexibility index (Phi) is 5.06. The molecule has 1 atom stereocenters. The van der Waals surface area contributed by atoms with Crippen LogP contribution in [0.1, 0.15) is 29.0 Å². The van der Waals surface area contributed by atoms with Gasteiger partial charge in [-0.15, -0.1) is 11.6 Å². The van der Waals surface area contributed by atoms with Crippen LogP contribution in [0.4, 0.5) is 0 Å². The highest BCUT2D eigenvalue weighted by Crippen LogP contribution is 2.26. The molecule has 1 amide bonds. The third-order valence-corrected chi connectivity index (χ3v) is 4.37. The van der Waals surface area contributed by atoms with Gasteiger partial charge < -0.3 is 4.90 Å². The van der Waals surface area contributed by atoms with Crippen LogP contribution in [0.5, 0.6) is 0 Å². The van der Waals surface area contributed by atoms with E-state index < -0.39 is 0 Å². The van der Waals surface area contributed by atoms with Gasteiger partial charge in [-0.25, -0.2) is 0 Å². The Labute approximate surface area is 126 Å². The van der Waals surface area contributed by atoms with Crippen LogP contribution in [0, 0.1) is 13.8 Å². The maximum atomic E-state index is 11.3. The molecular weight excluding hydrogens is 272 g/mol. The molecule has 4 heteroatoms. The van der Waals surface area contributed by atoms with Crippen molar-refractivity contribution in [3.05, 3.63) is 34.9 Å². The molecule has 0 saturated carbocycles. The molecule has 1 unspecified atom stereocenters. The highest BCUT2D eigenvalue weighted by atomic mass is 35.5. The Bertz CT molecular complexity index is 481. The maximum Gasteiger partial charge on any atom is 0.219 e. The fourth-order valence-corrected chi connectivity index (χ4v) is 3.19. The van der Waals surface area contributed by atoms with Crippen molar-refractivity contribution in [2.24, 2.45) is 0 Å². The third kappa shape index (κ3) is 3.74. The summed E-state index contributed by atoms with van der Waals surface area (Å²) in [7, 11) is 0. The second-order valence-electron chi connectivity index (χ2n) is 5.63. The number of carbonyl (C=O) groups is 1. The standard InChI is InChI=1S/C16H23ClN2O/c1-12-4-5-15(13(2)10-12)16(17)11-18-6-8-19(9-7-18)14(3)20/h4-5,10,16H,6-9,11H2,1-3H3. The Morgan fingerprint density at radius 3 is 2.45 bits per heavy atom. The minimum absolute atomic E-state index is 0.0134. The lowest BCUT2D eigenvalue weighted by Gasteiger charge is -2.35. The monoisotopic (exact) mass is 294 g/mol. The van der Waals surface area contributed by atoms with Crippen molar-refractivity contribution in [3.8, 4) is 0 Å². The van der Waals surface area contributed by atoms with Crippen molar-refractivity contribution < 1.29 is 4.79 Å². The van der Waals surface area contributed by atoms with Crippen LogP contribution in [0.15, 0.2) is 18.2 Å². The first kappa shape index (κ1) is 15.3. The van der Waals surface area contributed by atoms with E-state index in [1.165, 1.54) is 16.7 Å². The predicted octanol–water partition coefficient (Wildman–Crippen LogP) is 2.75. The molecule has 0 spiro atoms. The Morgan fingerprint density at radius 1 is 1.25 bits per heavy atom. The van der Waals surface area contributed by atoms with Crippen molar-refractivity contribution in [1.29, 1.82) is 0 Å². The van der Waals surface area contributed by atoms with Gasteiger partial charge in [-0.05, 0) is 25.0 Å². The van der Waals surface area contributed by atoms with Gasteiger partial charge in [0.1, 0.15) is 0 Å². The first-order valence-corrected chi connectivity index (χ1v) is 7.60. The number of alkyl halides is 1. The van der Waals surface area contributed by atoms with Crippen LogP contribution in [0.25, 0.3) is 0 Å². The predicted molar refractivity (Wildman–Crippen MR) is 83.2 cm³/mol. The Hall–Kier alpha value is -1.06. The van der Waals surface area contributed by atoms with Crippen LogP contribution in [-0.2, 0) is 4.79 Å². The molecule has 20 heavy (non-hydrogen) atoms. The van der Waals surface area contributed by atoms with Gasteiger partial charge in [0.2, 0.25) is 5.91 Å². The van der Waals surface area contributed by atoms with Crippen molar-refractivity contribution >= 4 is 17.5 Å². The van der Waals surface area contributed by atoms with Gasteiger partial charge in [0.15, 0.2) is 0 Å². The fraction of sp³-hybridized carbons (Fsp3) is 0.562. The number of rotatable bonds is 3. The van der Waals surface area contributed by atoms with E-state index in [9.17, 15) is 4.79 Å². The smallest absolute Gasteiger partial charge is 0.219 e. The molecular formula is C16H23ClN2O. The van der Waals surface area contributed by atoms with Gasteiger partial charge in [0.25, 0.3) is 0 Å². The van der Waals surface area contributed by atoms with Gasteiger partial charge in [-0.1, -0.05) is 23.8 Å². The number of carbonyl (C=O) groups excluding carboxylic acids is 1. The van der Waals surface area contributed by atoms with E-state index in [2.05, 4.69) is 36.9 Å². The van der Waals surface area contributed by atoms with E-state index in [0.717, 1.165) is 32.7 Å². The van der Waals surface area contributed by atoms with Crippen molar-refractivity contribution in [1.82, 2.24) is 9.80 Å². The van der Waals surface area contributed by atoms with E-state index in [1.807, 2.05) is 4.90 Å². The number of nitrogens with zero attached hydrogens (tertiary/aromatic N) is 2. The highest BCUT2D eigenvalue weighted by molar-refractivity contribution is 6.21. The number of amides is 1. The first-order chi connectivity index (χ1) is 9.47. The molecule has 1 heterocycles. The number of hydrogen-bond acceptors (Lipinski definition) is 2. The number of hydrogen-bond donors (Lipinski definition) is 0. The zero-order valence-corrected chi connectivity index (χ0v) is 13.3. The van der Waals surface area contributed by atoms with Crippen LogP contribution in [0.2, 0.25) is 0 Å². The molecule has 110 valence electrons. The second-order valence-corrected chi connectivity index (χ2v) is 6.16. The zero-order chi connectivity index (χ0) is 14.7. The molecule has 1 saturated heterocycles. The van der Waals surface area contributed by atoms with E-state index in [0.29, 0.717) is 0 Å². The molecule has 0 aromatic heterocycles. The number of aryl methyl sites for hydroxylation is 2. The molecule has 0 aliphatic carbocycles. The number of piperazine rings is 1. The van der Waals surface area contributed by atoms with Gasteiger partial charge in [0.05, 0.1) is 5.38 Å². The summed E-state index contributed by atoms with van der Waals surface area (Å²) >= 11 is 6.57. The fourth-order valence-electron chi connectivity index (χ4n) is 2.75. The summed E-state index contributed by atoms with van der Waals surface area (Å²) in [4.78, 5) is 15.6. The summed E-state index contributed by atoms with van der Waals surface area (Å²) in [5.41, 5.74) is 3.74. The Balaban J connectivity index is 1.92. The van der Waals surface area contributed by atoms with E-state index >= 15 is 0 Å². The average molecular weight is 295 g/mol. The van der Waals surface area contributed by atoms with Crippen LogP contribution in [-0.4, -0.2) is 48.4 Å². The van der Waals surface area contributed by atoms with Gasteiger partial charge in [0, 0.05) is 39.6 Å². The minimum atomic E-state index is 0.0134. The first-order valence-electron chi connectivity index (χ1n) is 7.16. The topological polar surface area (TPSA) is 23.6 Å². The van der Waals surface area contributed by atoms with Crippen LogP contribution >= 0.6 is 11.6 Å². The third-order valence-electron chi connectivity index (χ3n) is 4.00. The van der Waals surface area contributed by atoms with Crippen molar-refractivity contribution in [3.63, 3.8) is 0 Å². The Morgan fingerprint density at radius 2 is 1.90 bits per heavy atom. The van der Waals surface area contributed by atoms with E-state index in [4.69, 9.17) is 11.6 Å². The van der Waals surface area contributed by atoms with Crippen LogP contribution in [0.3, 0.4) is 0 Å². The summed E-state index contributed by atoms with van der Waals surface area (Å²) in [6, 6.07) is 6.43. The minimum Gasteiger partial charge on any atom is -0.340 e. The quantitative estimate of drug-likeness (QED) is 0.800. The SMILES string of the molecule is CC(=O)N1CCN(CC(Cl)c2ccc(C)cc2C)CC1. The summed E-state index contributed by atoms with van der Waals surface area (Å²) < 4.78 is 0. The maximum absolute atomic E-state index is 11.3. The normalized spacial score (nSPS) is 18.1. The zero-order valence-electron chi connectivity index (χ0n) is 12.5. The second kappa shape index (κ2) is 6.59. The van der Waals surface area contributed by atoms with Crippen molar-refractivity contribution in [2.75, 3.05) is 32.7 Å². The summed E-state index contributed by atoms with van der Waals surface area (Å²) in [6.07, 6.45) is 0. The van der Waals surface area contributed by atoms with Crippen LogP contribution < -0.4 is 0 Å². The summed E-state index contributed by atoms with van der Waals surface area (Å²) in [5, 5.41) is 0.0134. The lowest BCUT2D eigenvalue weighted by atomic mass is 10.0. The molecule has 2 rings (SSSR count). The average Bonchev–Trinajstić information content (AvgIpc) is 2.39. The molecule has 1 aromatic rings. The molecule has 0 radical (unpaired) electrons.